The summed E-state index contributed by atoms with van der Waals surface area (Å²) in [6, 6.07) is 18.4. The molecule has 36 heavy (non-hydrogen) atoms. The highest BCUT2D eigenvalue weighted by Gasteiger charge is 2.21. The molecule has 192 valence electrons. The van der Waals surface area contributed by atoms with Crippen molar-refractivity contribution in [3.63, 3.8) is 0 Å². The van der Waals surface area contributed by atoms with Crippen molar-refractivity contribution >= 4 is 12.1 Å². The van der Waals surface area contributed by atoms with E-state index >= 15 is 0 Å². The van der Waals surface area contributed by atoms with Crippen molar-refractivity contribution in [2.24, 2.45) is 0 Å². The Hall–Kier alpha value is -3.69. The smallest absolute Gasteiger partial charge is 0.407 e. The van der Waals surface area contributed by atoms with Gasteiger partial charge in [-0.3, -0.25) is 4.79 Å². The van der Waals surface area contributed by atoms with Crippen LogP contribution in [0.1, 0.15) is 23.2 Å². The molecule has 2 aromatic carbocycles. The monoisotopic (exact) mass is 494 g/mol. The zero-order valence-electron chi connectivity index (χ0n) is 20.5. The Morgan fingerprint density at radius 3 is 2.42 bits per heavy atom. The minimum atomic E-state index is -0.608. The van der Waals surface area contributed by atoms with Gasteiger partial charge in [-0.15, -0.1) is 0 Å². The van der Waals surface area contributed by atoms with E-state index in [9.17, 15) is 14.7 Å². The lowest BCUT2D eigenvalue weighted by molar-refractivity contribution is -0.143. The van der Waals surface area contributed by atoms with Crippen molar-refractivity contribution in [1.82, 2.24) is 20.2 Å². The highest BCUT2D eigenvalue weighted by Crippen LogP contribution is 2.07. The van der Waals surface area contributed by atoms with Gasteiger partial charge in [-0.25, -0.2) is 9.78 Å². The number of nitrogens with zero attached hydrogens (tertiary/aromatic N) is 2. The number of carbonyl (C=O) groups is 2. The standard InChI is InChI=1S/C27H34N4O5/c1-35-26(33)25(16-24-17-31(20-29-24)15-13-21-8-4-2-5-9-21)28-14-12-23(18-32)30-27(34)36-19-22-10-6-3-7-11-22/h2-11,17,20,23,25,28,32H,12-16,18-19H2,1H3,(H,30,34)/t23-,25-/m0/s1. The van der Waals surface area contributed by atoms with E-state index in [0.29, 0.717) is 19.4 Å². The average Bonchev–Trinajstić information content (AvgIpc) is 3.37. The van der Waals surface area contributed by atoms with Crippen LogP contribution in [0.4, 0.5) is 4.79 Å². The molecule has 9 heteroatoms. The van der Waals surface area contributed by atoms with Crippen LogP contribution in [0.15, 0.2) is 73.2 Å². The Morgan fingerprint density at radius 1 is 1.06 bits per heavy atom. The van der Waals surface area contributed by atoms with Crippen LogP contribution in [0.5, 0.6) is 0 Å². The molecule has 0 aliphatic heterocycles. The highest BCUT2D eigenvalue weighted by atomic mass is 16.5. The molecular weight excluding hydrogens is 460 g/mol. The molecule has 2 atom stereocenters. The SMILES string of the molecule is COC(=O)[C@H](Cc1cn(CCc2ccccc2)cn1)NCC[C@@H](CO)NC(=O)OCc1ccccc1. The number of aryl methyl sites for hydroxylation is 2. The van der Waals surface area contributed by atoms with Gasteiger partial charge < -0.3 is 29.8 Å². The number of aromatic nitrogens is 2. The number of esters is 1. The number of benzene rings is 2. The number of ether oxygens (including phenoxy) is 2. The van der Waals surface area contributed by atoms with E-state index in [2.05, 4.69) is 27.8 Å². The predicted octanol–water partition coefficient (Wildman–Crippen LogP) is 2.48. The van der Waals surface area contributed by atoms with Crippen molar-refractivity contribution in [2.45, 2.75) is 44.5 Å². The molecule has 0 fully saturated rings. The number of aliphatic hydroxyl groups is 1. The zero-order chi connectivity index (χ0) is 25.6. The molecule has 0 aliphatic carbocycles. The average molecular weight is 495 g/mol. The molecule has 0 bridgehead atoms. The molecule has 3 aromatic rings. The van der Waals surface area contributed by atoms with Crippen molar-refractivity contribution in [1.29, 1.82) is 0 Å². The first kappa shape index (κ1) is 26.9. The maximum absolute atomic E-state index is 12.3. The van der Waals surface area contributed by atoms with Gasteiger partial charge in [0.15, 0.2) is 0 Å². The number of rotatable bonds is 14. The molecule has 0 saturated heterocycles. The molecule has 0 spiro atoms. The second kappa shape index (κ2) is 14.7. The summed E-state index contributed by atoms with van der Waals surface area (Å²) < 4.78 is 12.2. The van der Waals surface area contributed by atoms with Crippen LogP contribution >= 0.6 is 0 Å². The lowest BCUT2D eigenvalue weighted by atomic mass is 10.1. The zero-order valence-corrected chi connectivity index (χ0v) is 20.5. The van der Waals surface area contributed by atoms with Crippen molar-refractivity contribution in [2.75, 3.05) is 20.3 Å². The van der Waals surface area contributed by atoms with Gasteiger partial charge >= 0.3 is 12.1 Å². The molecular formula is C27H34N4O5. The van der Waals surface area contributed by atoms with Crippen molar-refractivity contribution in [3.05, 3.63) is 90.0 Å². The number of hydrogen-bond donors (Lipinski definition) is 3. The number of alkyl carbamates (subject to hydrolysis) is 1. The number of amides is 1. The first-order valence-corrected chi connectivity index (χ1v) is 12.0. The molecule has 1 amide bonds. The largest absolute Gasteiger partial charge is 0.468 e. The van der Waals surface area contributed by atoms with E-state index in [1.807, 2.05) is 59.3 Å². The first-order chi connectivity index (χ1) is 17.6. The fraction of sp³-hybridized carbons (Fsp3) is 0.370. The third-order valence-electron chi connectivity index (χ3n) is 5.73. The van der Waals surface area contributed by atoms with E-state index in [4.69, 9.17) is 9.47 Å². The molecule has 9 nitrogen and oxygen atoms in total. The van der Waals surface area contributed by atoms with Crippen LogP contribution in [-0.4, -0.2) is 59.1 Å². The summed E-state index contributed by atoms with van der Waals surface area (Å²) in [5.41, 5.74) is 2.89. The van der Waals surface area contributed by atoms with Crippen molar-refractivity contribution < 1.29 is 24.2 Å². The third-order valence-corrected chi connectivity index (χ3v) is 5.73. The summed E-state index contributed by atoms with van der Waals surface area (Å²) >= 11 is 0. The van der Waals surface area contributed by atoms with Crippen molar-refractivity contribution in [3.8, 4) is 0 Å². The number of nitrogens with one attached hydrogen (secondary N) is 2. The number of hydrogen-bond acceptors (Lipinski definition) is 7. The molecule has 3 rings (SSSR count). The maximum Gasteiger partial charge on any atom is 0.407 e. The fourth-order valence-electron chi connectivity index (χ4n) is 3.70. The first-order valence-electron chi connectivity index (χ1n) is 12.0. The second-order valence-corrected chi connectivity index (χ2v) is 8.45. The molecule has 0 unspecified atom stereocenters. The summed E-state index contributed by atoms with van der Waals surface area (Å²) in [5.74, 6) is -0.399. The topological polar surface area (TPSA) is 115 Å². The number of methoxy groups -OCH3 is 1. The fourth-order valence-corrected chi connectivity index (χ4v) is 3.70. The van der Waals surface area contributed by atoms with E-state index in [1.54, 1.807) is 6.33 Å². The normalized spacial score (nSPS) is 12.5. The molecule has 1 aromatic heterocycles. The lowest BCUT2D eigenvalue weighted by Crippen LogP contribution is -2.44. The van der Waals surface area contributed by atoms with Gasteiger partial charge in [0.1, 0.15) is 12.6 Å². The Bertz CT molecular complexity index is 1060. The quantitative estimate of drug-likeness (QED) is 0.295. The predicted molar refractivity (Wildman–Crippen MR) is 135 cm³/mol. The van der Waals surface area contributed by atoms with E-state index in [1.165, 1.54) is 12.7 Å². The summed E-state index contributed by atoms with van der Waals surface area (Å²) in [6.07, 6.45) is 4.74. The summed E-state index contributed by atoms with van der Waals surface area (Å²) in [7, 11) is 1.34. The minimum absolute atomic E-state index is 0.144. The van der Waals surface area contributed by atoms with Gasteiger partial charge in [0.25, 0.3) is 0 Å². The Labute approximate surface area is 211 Å². The van der Waals surface area contributed by atoms with Gasteiger partial charge in [0, 0.05) is 19.2 Å². The Morgan fingerprint density at radius 2 is 1.75 bits per heavy atom. The minimum Gasteiger partial charge on any atom is -0.468 e. The lowest BCUT2D eigenvalue weighted by Gasteiger charge is -2.19. The maximum atomic E-state index is 12.3. The molecule has 1 heterocycles. The van der Waals surface area contributed by atoms with Gasteiger partial charge in [0.2, 0.25) is 0 Å². The van der Waals surface area contributed by atoms with Crippen LogP contribution in [-0.2, 0) is 40.3 Å². The van der Waals surface area contributed by atoms with Crippen LogP contribution in [0.3, 0.4) is 0 Å². The second-order valence-electron chi connectivity index (χ2n) is 8.45. The summed E-state index contributed by atoms with van der Waals surface area (Å²) in [4.78, 5) is 28.8. The van der Waals surface area contributed by atoms with Gasteiger partial charge in [0.05, 0.1) is 31.8 Å². The Balaban J connectivity index is 1.43. The van der Waals surface area contributed by atoms with Gasteiger partial charge in [-0.2, -0.15) is 0 Å². The van der Waals surface area contributed by atoms with Crippen LogP contribution in [0, 0.1) is 0 Å². The van der Waals surface area contributed by atoms with Gasteiger partial charge in [-0.1, -0.05) is 60.7 Å². The molecule has 0 saturated carbocycles. The summed E-state index contributed by atoms with van der Waals surface area (Å²) in [6.45, 7) is 1.05. The van der Waals surface area contributed by atoms with Crippen LogP contribution < -0.4 is 10.6 Å². The van der Waals surface area contributed by atoms with Crippen LogP contribution in [0.2, 0.25) is 0 Å². The van der Waals surface area contributed by atoms with E-state index < -0.39 is 24.1 Å². The number of aliphatic hydroxyl groups excluding tert-OH is 1. The van der Waals surface area contributed by atoms with E-state index in [0.717, 1.165) is 24.2 Å². The number of carbonyl (C=O) groups excluding carboxylic acids is 2. The molecule has 3 N–H and O–H groups in total. The summed E-state index contributed by atoms with van der Waals surface area (Å²) in [5, 5.41) is 15.5. The Kier molecular flexibility index (Phi) is 10.9. The highest BCUT2D eigenvalue weighted by molar-refractivity contribution is 5.76. The number of imidazole rings is 1. The molecule has 0 radical (unpaired) electrons. The van der Waals surface area contributed by atoms with E-state index in [-0.39, 0.29) is 13.2 Å². The molecule has 0 aliphatic rings. The van der Waals surface area contributed by atoms with Gasteiger partial charge in [-0.05, 0) is 30.5 Å². The van der Waals surface area contributed by atoms with Crippen LogP contribution in [0.25, 0.3) is 0 Å². The third kappa shape index (κ3) is 9.16.